The van der Waals surface area contributed by atoms with E-state index in [0.29, 0.717) is 21.4 Å². The molecule has 2 rings (SSSR count). The van der Waals surface area contributed by atoms with E-state index in [1.54, 1.807) is 42.5 Å². The van der Waals surface area contributed by atoms with Crippen molar-refractivity contribution in [3.05, 3.63) is 64.1 Å². The van der Waals surface area contributed by atoms with E-state index in [2.05, 4.69) is 0 Å². The van der Waals surface area contributed by atoms with E-state index in [1.165, 1.54) is 0 Å². The van der Waals surface area contributed by atoms with Crippen LogP contribution in [0.5, 0.6) is 5.75 Å². The fourth-order valence-corrected chi connectivity index (χ4v) is 2.07. The number of hydrogen-bond acceptors (Lipinski definition) is 2. The third-order valence-corrected chi connectivity index (χ3v) is 3.03. The molecule has 1 amide bonds. The standard InChI is InChI=1S/C14H11Cl2NO2/c15-10-6-7-12(11(16)8-10)19-13(14(17)18)9-4-2-1-3-5-9/h1-8,13H,(H2,17,18). The molecule has 0 spiro atoms. The van der Waals surface area contributed by atoms with Gasteiger partial charge in [-0.05, 0) is 18.2 Å². The van der Waals surface area contributed by atoms with Crippen molar-refractivity contribution < 1.29 is 9.53 Å². The highest BCUT2D eigenvalue weighted by molar-refractivity contribution is 6.35. The highest BCUT2D eigenvalue weighted by Gasteiger charge is 2.20. The molecular formula is C14H11Cl2NO2. The number of primary amides is 1. The van der Waals surface area contributed by atoms with Gasteiger partial charge in [0, 0.05) is 10.6 Å². The van der Waals surface area contributed by atoms with Gasteiger partial charge in [0.25, 0.3) is 5.91 Å². The van der Waals surface area contributed by atoms with Gasteiger partial charge in [0.05, 0.1) is 5.02 Å². The molecule has 1 unspecified atom stereocenters. The average Bonchev–Trinajstić information content (AvgIpc) is 2.38. The number of ether oxygens (including phenoxy) is 1. The van der Waals surface area contributed by atoms with Gasteiger partial charge in [-0.3, -0.25) is 4.79 Å². The second kappa shape index (κ2) is 5.95. The maximum Gasteiger partial charge on any atom is 0.263 e. The SMILES string of the molecule is NC(=O)C(Oc1ccc(Cl)cc1Cl)c1ccccc1. The third kappa shape index (κ3) is 3.40. The van der Waals surface area contributed by atoms with Crippen LogP contribution in [-0.2, 0) is 4.79 Å². The lowest BCUT2D eigenvalue weighted by Crippen LogP contribution is -2.26. The van der Waals surface area contributed by atoms with Gasteiger partial charge in [0.2, 0.25) is 6.10 Å². The van der Waals surface area contributed by atoms with E-state index in [0.717, 1.165) is 0 Å². The summed E-state index contributed by atoms with van der Waals surface area (Å²) in [6.45, 7) is 0. The Kier molecular flexibility index (Phi) is 4.30. The molecule has 98 valence electrons. The van der Waals surface area contributed by atoms with Crippen molar-refractivity contribution in [2.45, 2.75) is 6.10 Å². The van der Waals surface area contributed by atoms with E-state index >= 15 is 0 Å². The van der Waals surface area contributed by atoms with Gasteiger partial charge in [-0.1, -0.05) is 53.5 Å². The average molecular weight is 296 g/mol. The smallest absolute Gasteiger partial charge is 0.263 e. The molecule has 19 heavy (non-hydrogen) atoms. The zero-order valence-corrected chi connectivity index (χ0v) is 11.4. The summed E-state index contributed by atoms with van der Waals surface area (Å²) in [5.74, 6) is -0.226. The lowest BCUT2D eigenvalue weighted by atomic mass is 10.1. The molecule has 0 aromatic heterocycles. The molecule has 0 aliphatic carbocycles. The maximum atomic E-state index is 11.5. The molecule has 0 heterocycles. The van der Waals surface area contributed by atoms with Crippen molar-refractivity contribution in [3.8, 4) is 5.75 Å². The zero-order valence-electron chi connectivity index (χ0n) is 9.85. The Morgan fingerprint density at radius 3 is 2.37 bits per heavy atom. The minimum absolute atomic E-state index is 0.328. The molecule has 1 atom stereocenters. The minimum atomic E-state index is -0.889. The molecule has 2 N–H and O–H groups in total. The summed E-state index contributed by atoms with van der Waals surface area (Å²) in [5.41, 5.74) is 6.03. The number of benzene rings is 2. The molecule has 3 nitrogen and oxygen atoms in total. The van der Waals surface area contributed by atoms with Crippen molar-refractivity contribution in [2.75, 3.05) is 0 Å². The van der Waals surface area contributed by atoms with Gasteiger partial charge in [-0.25, -0.2) is 0 Å². The maximum absolute atomic E-state index is 11.5. The van der Waals surface area contributed by atoms with E-state index in [-0.39, 0.29) is 0 Å². The Morgan fingerprint density at radius 1 is 1.11 bits per heavy atom. The lowest BCUT2D eigenvalue weighted by molar-refractivity contribution is -0.124. The van der Waals surface area contributed by atoms with Crippen LogP contribution >= 0.6 is 23.2 Å². The molecule has 0 aliphatic heterocycles. The fraction of sp³-hybridized carbons (Fsp3) is 0.0714. The third-order valence-electron chi connectivity index (χ3n) is 2.50. The molecule has 5 heteroatoms. The van der Waals surface area contributed by atoms with E-state index in [9.17, 15) is 4.79 Å². The van der Waals surface area contributed by atoms with Crippen molar-refractivity contribution >= 4 is 29.1 Å². The number of carbonyl (C=O) groups is 1. The Hall–Kier alpha value is -1.71. The number of amides is 1. The molecule has 0 saturated heterocycles. The Labute approximate surface area is 120 Å². The fourth-order valence-electron chi connectivity index (χ4n) is 1.62. The summed E-state index contributed by atoms with van der Waals surface area (Å²) in [7, 11) is 0. The van der Waals surface area contributed by atoms with E-state index in [1.807, 2.05) is 6.07 Å². The molecule has 0 bridgehead atoms. The summed E-state index contributed by atoms with van der Waals surface area (Å²) in [4.78, 5) is 11.5. The second-order valence-electron chi connectivity index (χ2n) is 3.89. The molecule has 0 radical (unpaired) electrons. The van der Waals surface area contributed by atoms with Crippen LogP contribution in [-0.4, -0.2) is 5.91 Å². The van der Waals surface area contributed by atoms with Crippen LogP contribution in [0.15, 0.2) is 48.5 Å². The summed E-state index contributed by atoms with van der Waals surface area (Å²) >= 11 is 11.8. The summed E-state index contributed by atoms with van der Waals surface area (Å²) in [6, 6.07) is 13.8. The van der Waals surface area contributed by atoms with Crippen molar-refractivity contribution in [2.24, 2.45) is 5.73 Å². The number of carbonyl (C=O) groups excluding carboxylic acids is 1. The second-order valence-corrected chi connectivity index (χ2v) is 4.73. The Morgan fingerprint density at radius 2 is 1.79 bits per heavy atom. The summed E-state index contributed by atoms with van der Waals surface area (Å²) in [5, 5.41) is 0.822. The number of halogens is 2. The molecule has 0 aliphatic rings. The van der Waals surface area contributed by atoms with Gasteiger partial charge < -0.3 is 10.5 Å². The van der Waals surface area contributed by atoms with Crippen LogP contribution in [0.25, 0.3) is 0 Å². The van der Waals surface area contributed by atoms with Crippen LogP contribution < -0.4 is 10.5 Å². The highest BCUT2D eigenvalue weighted by Crippen LogP contribution is 2.31. The van der Waals surface area contributed by atoms with Crippen LogP contribution in [0.3, 0.4) is 0 Å². The van der Waals surface area contributed by atoms with Crippen molar-refractivity contribution in [3.63, 3.8) is 0 Å². The minimum Gasteiger partial charge on any atom is -0.474 e. The molecule has 0 fully saturated rings. The number of nitrogens with two attached hydrogens (primary N) is 1. The van der Waals surface area contributed by atoms with Crippen LogP contribution in [0.2, 0.25) is 10.0 Å². The molecule has 0 saturated carbocycles. The van der Waals surface area contributed by atoms with Gasteiger partial charge in [-0.15, -0.1) is 0 Å². The monoisotopic (exact) mass is 295 g/mol. The first-order valence-corrected chi connectivity index (χ1v) is 6.29. The predicted molar refractivity (Wildman–Crippen MR) is 75.5 cm³/mol. The highest BCUT2D eigenvalue weighted by atomic mass is 35.5. The Balaban J connectivity index is 2.29. The number of rotatable bonds is 4. The van der Waals surface area contributed by atoms with Gasteiger partial charge >= 0.3 is 0 Å². The lowest BCUT2D eigenvalue weighted by Gasteiger charge is -2.17. The van der Waals surface area contributed by atoms with Gasteiger partial charge in [-0.2, -0.15) is 0 Å². The van der Waals surface area contributed by atoms with Crippen molar-refractivity contribution in [1.29, 1.82) is 0 Å². The van der Waals surface area contributed by atoms with E-state index < -0.39 is 12.0 Å². The van der Waals surface area contributed by atoms with Crippen molar-refractivity contribution in [1.82, 2.24) is 0 Å². The first-order valence-electron chi connectivity index (χ1n) is 5.54. The van der Waals surface area contributed by atoms with Crippen LogP contribution in [0, 0.1) is 0 Å². The summed E-state index contributed by atoms with van der Waals surface area (Å²) < 4.78 is 5.58. The van der Waals surface area contributed by atoms with Crippen LogP contribution in [0.4, 0.5) is 0 Å². The first kappa shape index (κ1) is 13.7. The van der Waals surface area contributed by atoms with Crippen LogP contribution in [0.1, 0.15) is 11.7 Å². The first-order chi connectivity index (χ1) is 9.08. The van der Waals surface area contributed by atoms with E-state index in [4.69, 9.17) is 33.7 Å². The van der Waals surface area contributed by atoms with Gasteiger partial charge in [0.15, 0.2) is 0 Å². The largest absolute Gasteiger partial charge is 0.474 e. The zero-order chi connectivity index (χ0) is 13.8. The topological polar surface area (TPSA) is 52.3 Å². The number of hydrogen-bond donors (Lipinski definition) is 1. The predicted octanol–water partition coefficient (Wildman–Crippen LogP) is 3.60. The normalized spacial score (nSPS) is 11.9. The summed E-state index contributed by atoms with van der Waals surface area (Å²) in [6.07, 6.45) is -0.889. The molecule has 2 aromatic carbocycles. The Bertz CT molecular complexity index is 587. The quantitative estimate of drug-likeness (QED) is 0.937. The molecular weight excluding hydrogens is 285 g/mol. The molecule has 2 aromatic rings. The van der Waals surface area contributed by atoms with Gasteiger partial charge in [0.1, 0.15) is 5.75 Å².